The van der Waals surface area contributed by atoms with Crippen molar-refractivity contribution in [2.45, 2.75) is 0 Å². The van der Waals surface area contributed by atoms with Gasteiger partial charge < -0.3 is 0 Å². The second-order valence-corrected chi connectivity index (χ2v) is 1.58. The third-order valence-corrected chi connectivity index (χ3v) is 0.934. The van der Waals surface area contributed by atoms with Gasteiger partial charge in [0.2, 0.25) is 6.19 Å². The molecule has 10 heavy (non-hydrogen) atoms. The Morgan fingerprint density at radius 2 is 2.20 bits per heavy atom. The van der Waals surface area contributed by atoms with E-state index in [0.717, 1.165) is 0 Å². The molecule has 1 N–H and O–H groups in total. The van der Waals surface area contributed by atoms with Crippen LogP contribution in [0.1, 0.15) is 0 Å². The molecule has 0 aliphatic rings. The van der Waals surface area contributed by atoms with Gasteiger partial charge >= 0.3 is 0 Å². The lowest BCUT2D eigenvalue weighted by atomic mass is 10.7. The van der Waals surface area contributed by atoms with E-state index in [2.05, 4.69) is 10.4 Å². The molecule has 0 bridgehead atoms. The molecule has 4 nitrogen and oxygen atoms in total. The highest BCUT2D eigenvalue weighted by atomic mass is 15.4. The van der Waals surface area contributed by atoms with E-state index in [9.17, 15) is 0 Å². The zero-order valence-electron chi connectivity index (χ0n) is 5.23. The van der Waals surface area contributed by atoms with Crippen LogP contribution in [0.15, 0.2) is 29.5 Å². The second kappa shape index (κ2) is 3.30. The Morgan fingerprint density at radius 3 is 2.80 bits per heavy atom. The molecule has 0 unspecified atom stereocenters. The highest BCUT2D eigenvalue weighted by Crippen LogP contribution is 1.82. The van der Waals surface area contributed by atoms with E-state index >= 15 is 0 Å². The molecule has 1 rings (SSSR count). The Morgan fingerprint density at radius 1 is 1.50 bits per heavy atom. The van der Waals surface area contributed by atoms with Crippen molar-refractivity contribution in [1.82, 2.24) is 4.68 Å². The lowest BCUT2D eigenvalue weighted by molar-refractivity contribution is 0.998. The normalized spacial score (nSPS) is 9.50. The van der Waals surface area contributed by atoms with Crippen LogP contribution in [-0.2, 0) is 0 Å². The summed E-state index contributed by atoms with van der Waals surface area (Å²) in [7, 11) is 0. The molecule has 0 saturated heterocycles. The highest BCUT2D eigenvalue weighted by Gasteiger charge is 1.78. The number of hydrogen-bond donors (Lipinski definition) is 1. The lowest BCUT2D eigenvalue weighted by Gasteiger charge is -1.96. The van der Waals surface area contributed by atoms with Gasteiger partial charge in [-0.15, -0.1) is 0 Å². The lowest BCUT2D eigenvalue weighted by Crippen LogP contribution is -2.08. The summed E-state index contributed by atoms with van der Waals surface area (Å²) >= 11 is 0. The van der Waals surface area contributed by atoms with Gasteiger partial charge in [0.25, 0.3) is 0 Å². The van der Waals surface area contributed by atoms with Gasteiger partial charge in [0.05, 0.1) is 0 Å². The van der Waals surface area contributed by atoms with Gasteiger partial charge in [-0.05, 0) is 12.1 Å². The molecule has 4 heteroatoms. The van der Waals surface area contributed by atoms with Crippen molar-refractivity contribution in [2.24, 2.45) is 4.99 Å². The average Bonchev–Trinajstić information content (AvgIpc) is 2.41. The Balaban J connectivity index is 2.43. The van der Waals surface area contributed by atoms with E-state index in [1.165, 1.54) is 6.34 Å². The monoisotopic (exact) mass is 134 g/mol. The molecule has 0 aliphatic carbocycles. The fourth-order valence-corrected chi connectivity index (χ4v) is 0.545. The number of aliphatic imine (C=N–C) groups is 1. The SMILES string of the molecule is N#CN=CNn1cccc1. The number of nitrogens with zero attached hydrogens (tertiary/aromatic N) is 3. The number of rotatable bonds is 2. The van der Waals surface area contributed by atoms with Gasteiger partial charge in [0.1, 0.15) is 6.34 Å². The maximum atomic E-state index is 8.00. The molecule has 50 valence electrons. The van der Waals surface area contributed by atoms with E-state index < -0.39 is 0 Å². The van der Waals surface area contributed by atoms with Gasteiger partial charge in [-0.2, -0.15) is 10.3 Å². The van der Waals surface area contributed by atoms with Crippen molar-refractivity contribution in [2.75, 3.05) is 5.43 Å². The zero-order valence-corrected chi connectivity index (χ0v) is 5.23. The summed E-state index contributed by atoms with van der Waals surface area (Å²) in [6.45, 7) is 0. The fourth-order valence-electron chi connectivity index (χ4n) is 0.545. The van der Waals surface area contributed by atoms with Crippen LogP contribution in [0.25, 0.3) is 0 Å². The summed E-state index contributed by atoms with van der Waals surface area (Å²) in [5, 5.41) is 8.00. The molecule has 1 aromatic heterocycles. The van der Waals surface area contributed by atoms with Crippen molar-refractivity contribution < 1.29 is 0 Å². The first-order chi connectivity index (χ1) is 4.93. The summed E-state index contributed by atoms with van der Waals surface area (Å²) in [5.41, 5.74) is 2.73. The van der Waals surface area contributed by atoms with Gasteiger partial charge in [-0.3, -0.25) is 10.1 Å². The van der Waals surface area contributed by atoms with E-state index in [1.54, 1.807) is 10.9 Å². The molecule has 0 aliphatic heterocycles. The first kappa shape index (κ1) is 6.36. The molecular formula is C6H6N4. The van der Waals surface area contributed by atoms with Gasteiger partial charge in [0.15, 0.2) is 0 Å². The number of nitrogens with one attached hydrogen (secondary N) is 1. The number of nitriles is 1. The third kappa shape index (κ3) is 1.63. The van der Waals surface area contributed by atoms with E-state index in [4.69, 9.17) is 5.26 Å². The summed E-state index contributed by atoms with van der Waals surface area (Å²) in [6.07, 6.45) is 6.56. The predicted molar refractivity (Wildman–Crippen MR) is 37.9 cm³/mol. The third-order valence-electron chi connectivity index (χ3n) is 0.934. The van der Waals surface area contributed by atoms with Crippen molar-refractivity contribution in [3.8, 4) is 6.19 Å². The van der Waals surface area contributed by atoms with Crippen LogP contribution in [0, 0.1) is 11.5 Å². The molecule has 0 saturated carbocycles. The van der Waals surface area contributed by atoms with Crippen molar-refractivity contribution in [1.29, 1.82) is 5.26 Å². The predicted octanol–water partition coefficient (Wildman–Crippen LogP) is 0.541. The maximum absolute atomic E-state index is 8.00. The smallest absolute Gasteiger partial charge is 0.207 e. The largest absolute Gasteiger partial charge is 0.284 e. The average molecular weight is 134 g/mol. The molecule has 0 fully saturated rings. The number of hydrogen-bond acceptors (Lipinski definition) is 2. The van der Waals surface area contributed by atoms with Crippen molar-refractivity contribution in [3.05, 3.63) is 24.5 Å². The minimum absolute atomic E-state index is 1.32. The van der Waals surface area contributed by atoms with Crippen LogP contribution in [0.5, 0.6) is 0 Å². The Hall–Kier alpha value is -1.76. The summed E-state index contributed by atoms with van der Waals surface area (Å²) in [4.78, 5) is 3.30. The minimum atomic E-state index is 1.32. The quantitative estimate of drug-likeness (QED) is 0.364. The molecule has 0 radical (unpaired) electrons. The first-order valence-corrected chi connectivity index (χ1v) is 2.73. The second-order valence-electron chi connectivity index (χ2n) is 1.58. The van der Waals surface area contributed by atoms with Crippen LogP contribution >= 0.6 is 0 Å². The molecule has 0 atom stereocenters. The van der Waals surface area contributed by atoms with E-state index in [1.807, 2.05) is 24.5 Å². The summed E-state index contributed by atoms with van der Waals surface area (Å²) in [5.74, 6) is 0. The van der Waals surface area contributed by atoms with E-state index in [-0.39, 0.29) is 0 Å². The van der Waals surface area contributed by atoms with Crippen LogP contribution in [-0.4, -0.2) is 11.0 Å². The highest BCUT2D eigenvalue weighted by molar-refractivity contribution is 5.64. The van der Waals surface area contributed by atoms with Crippen molar-refractivity contribution >= 4 is 6.34 Å². The maximum Gasteiger partial charge on any atom is 0.207 e. The Labute approximate surface area is 58.4 Å². The molecule has 0 aromatic carbocycles. The molecule has 1 heterocycles. The van der Waals surface area contributed by atoms with Crippen LogP contribution in [0.3, 0.4) is 0 Å². The summed E-state index contributed by atoms with van der Waals surface area (Å²) < 4.78 is 1.68. The van der Waals surface area contributed by atoms with Gasteiger partial charge in [-0.25, -0.2) is 0 Å². The fraction of sp³-hybridized carbons (Fsp3) is 0. The zero-order chi connectivity index (χ0) is 7.23. The standard InChI is InChI=1S/C6H6N4/c7-5-8-6-9-10-3-1-2-4-10/h1-4,6H,(H,8,9). The van der Waals surface area contributed by atoms with Crippen molar-refractivity contribution in [3.63, 3.8) is 0 Å². The van der Waals surface area contributed by atoms with Crippen LogP contribution in [0.2, 0.25) is 0 Å². The minimum Gasteiger partial charge on any atom is -0.284 e. The number of aromatic nitrogens is 1. The summed E-state index contributed by atoms with van der Waals surface area (Å²) in [6, 6.07) is 3.74. The van der Waals surface area contributed by atoms with Crippen LogP contribution in [0.4, 0.5) is 0 Å². The molecule has 0 spiro atoms. The van der Waals surface area contributed by atoms with Crippen LogP contribution < -0.4 is 5.43 Å². The van der Waals surface area contributed by atoms with Gasteiger partial charge in [-0.1, -0.05) is 0 Å². The first-order valence-electron chi connectivity index (χ1n) is 2.73. The topological polar surface area (TPSA) is 53.1 Å². The molecule has 0 amide bonds. The van der Waals surface area contributed by atoms with Gasteiger partial charge in [0, 0.05) is 12.4 Å². The molecular weight excluding hydrogens is 128 g/mol. The van der Waals surface area contributed by atoms with E-state index in [0.29, 0.717) is 0 Å². The molecule has 1 aromatic rings. The Bertz CT molecular complexity index is 241. The Kier molecular flexibility index (Phi) is 2.10.